The van der Waals surface area contributed by atoms with Gasteiger partial charge >= 0.3 is 0 Å². The number of phenols is 1. The maximum atomic E-state index is 9.94. The zero-order valence-electron chi connectivity index (χ0n) is 9.04. The lowest BCUT2D eigenvalue weighted by atomic mass is 9.85. The molecule has 0 saturated heterocycles. The van der Waals surface area contributed by atoms with Crippen LogP contribution >= 0.6 is 0 Å². The first-order valence-electron chi connectivity index (χ1n) is 4.89. The number of rotatable bonds is 2. The monoisotopic (exact) mass is 194 g/mol. The second kappa shape index (κ2) is 4.01. The lowest BCUT2D eigenvalue weighted by Gasteiger charge is -2.21. The third-order valence-corrected chi connectivity index (χ3v) is 2.31. The van der Waals surface area contributed by atoms with Crippen LogP contribution in [0, 0.1) is 0 Å². The van der Waals surface area contributed by atoms with E-state index in [1.807, 2.05) is 18.2 Å². The van der Waals surface area contributed by atoms with E-state index in [0.29, 0.717) is 12.2 Å². The Bertz CT molecular complexity index is 311. The van der Waals surface area contributed by atoms with Gasteiger partial charge in [-0.3, -0.25) is 0 Å². The van der Waals surface area contributed by atoms with Gasteiger partial charge in [0.1, 0.15) is 5.75 Å². The lowest BCUT2D eigenvalue weighted by molar-refractivity contribution is 0.297. The van der Waals surface area contributed by atoms with Crippen LogP contribution in [0.2, 0.25) is 0 Å². The van der Waals surface area contributed by atoms with Gasteiger partial charge in [0.2, 0.25) is 0 Å². The molecular formula is C12H18O2. The third-order valence-electron chi connectivity index (χ3n) is 2.31. The molecule has 2 heteroatoms. The van der Waals surface area contributed by atoms with Gasteiger partial charge < -0.3 is 10.2 Å². The number of para-hydroxylation sites is 1. The Balaban J connectivity index is 3.14. The van der Waals surface area contributed by atoms with Crippen molar-refractivity contribution in [1.29, 1.82) is 0 Å². The van der Waals surface area contributed by atoms with E-state index in [2.05, 4.69) is 20.8 Å². The van der Waals surface area contributed by atoms with Crippen LogP contribution in [0.15, 0.2) is 18.2 Å². The first-order valence-corrected chi connectivity index (χ1v) is 4.89. The van der Waals surface area contributed by atoms with Gasteiger partial charge in [-0.25, -0.2) is 0 Å². The molecule has 0 fully saturated rings. The molecule has 0 heterocycles. The zero-order valence-corrected chi connectivity index (χ0v) is 9.04. The maximum Gasteiger partial charge on any atom is 0.122 e. The summed E-state index contributed by atoms with van der Waals surface area (Å²) in [5, 5.41) is 18.8. The molecule has 2 nitrogen and oxygen atoms in total. The molecule has 14 heavy (non-hydrogen) atoms. The molecule has 0 unspecified atom stereocenters. The molecule has 78 valence electrons. The summed E-state index contributed by atoms with van der Waals surface area (Å²) in [5.41, 5.74) is 1.69. The van der Waals surface area contributed by atoms with Gasteiger partial charge in [-0.05, 0) is 23.0 Å². The van der Waals surface area contributed by atoms with E-state index in [1.165, 1.54) is 0 Å². The highest BCUT2D eigenvalue weighted by Crippen LogP contribution is 2.32. The van der Waals surface area contributed by atoms with Crippen molar-refractivity contribution in [2.45, 2.75) is 32.6 Å². The minimum Gasteiger partial charge on any atom is -0.507 e. The fraction of sp³-hybridized carbons (Fsp3) is 0.500. The molecule has 0 bridgehead atoms. The van der Waals surface area contributed by atoms with Gasteiger partial charge in [0.25, 0.3) is 0 Å². The van der Waals surface area contributed by atoms with E-state index in [0.717, 1.165) is 11.1 Å². The molecule has 0 atom stereocenters. The Labute approximate surface area is 85.2 Å². The molecule has 1 aromatic rings. The van der Waals surface area contributed by atoms with Gasteiger partial charge in [0.15, 0.2) is 0 Å². The van der Waals surface area contributed by atoms with Crippen molar-refractivity contribution in [3.05, 3.63) is 29.3 Å². The third kappa shape index (κ3) is 2.26. The van der Waals surface area contributed by atoms with E-state index in [9.17, 15) is 5.11 Å². The Morgan fingerprint density at radius 2 is 1.86 bits per heavy atom. The van der Waals surface area contributed by atoms with Crippen molar-refractivity contribution >= 4 is 0 Å². The van der Waals surface area contributed by atoms with Crippen LogP contribution in [0.1, 0.15) is 31.9 Å². The molecule has 1 aromatic carbocycles. The minimum atomic E-state index is -0.0600. The van der Waals surface area contributed by atoms with Crippen LogP contribution < -0.4 is 0 Å². The average molecular weight is 194 g/mol. The van der Waals surface area contributed by atoms with Crippen molar-refractivity contribution in [3.8, 4) is 5.75 Å². The number of phenolic OH excluding ortho intramolecular Hbond substituents is 1. The van der Waals surface area contributed by atoms with Gasteiger partial charge in [-0.1, -0.05) is 39.0 Å². The Hall–Kier alpha value is -1.02. The normalized spacial score (nSPS) is 11.7. The Morgan fingerprint density at radius 3 is 2.36 bits per heavy atom. The molecule has 1 rings (SSSR count). The van der Waals surface area contributed by atoms with E-state index < -0.39 is 0 Å². The fourth-order valence-electron chi connectivity index (χ4n) is 1.52. The summed E-state index contributed by atoms with van der Waals surface area (Å²) >= 11 is 0. The Morgan fingerprint density at radius 1 is 1.21 bits per heavy atom. The molecule has 2 N–H and O–H groups in total. The van der Waals surface area contributed by atoms with Crippen LogP contribution in [0.5, 0.6) is 5.75 Å². The van der Waals surface area contributed by atoms with E-state index in [-0.39, 0.29) is 12.0 Å². The molecule has 0 radical (unpaired) electrons. The number of aliphatic hydroxyl groups is 1. The molecule has 0 saturated carbocycles. The van der Waals surface area contributed by atoms with Gasteiger partial charge in [-0.15, -0.1) is 0 Å². The van der Waals surface area contributed by atoms with Crippen LogP contribution in [-0.4, -0.2) is 16.8 Å². The van der Waals surface area contributed by atoms with Crippen molar-refractivity contribution in [2.75, 3.05) is 6.61 Å². The molecule has 0 aliphatic heterocycles. The van der Waals surface area contributed by atoms with E-state index >= 15 is 0 Å². The first kappa shape index (κ1) is 11.1. The second-order valence-electron chi connectivity index (χ2n) is 4.54. The fourth-order valence-corrected chi connectivity index (χ4v) is 1.52. The topological polar surface area (TPSA) is 40.5 Å². The molecule has 0 spiro atoms. The standard InChI is InChI=1S/C12H18O2/c1-12(2,3)10-6-4-5-9(7-8-13)11(10)14/h4-6,13-14H,7-8H2,1-3H3. The number of aliphatic hydroxyl groups excluding tert-OH is 1. The minimum absolute atomic E-state index is 0.0600. The molecule has 0 amide bonds. The summed E-state index contributed by atoms with van der Waals surface area (Å²) in [6.07, 6.45) is 0.510. The smallest absolute Gasteiger partial charge is 0.122 e. The van der Waals surface area contributed by atoms with Crippen molar-refractivity contribution < 1.29 is 10.2 Å². The highest BCUT2D eigenvalue weighted by atomic mass is 16.3. The first-order chi connectivity index (χ1) is 6.46. The number of benzene rings is 1. The summed E-state index contributed by atoms with van der Waals surface area (Å²) in [5.74, 6) is 0.328. The second-order valence-corrected chi connectivity index (χ2v) is 4.54. The molecule has 0 aliphatic rings. The van der Waals surface area contributed by atoms with Crippen LogP contribution in [-0.2, 0) is 11.8 Å². The average Bonchev–Trinajstić information content (AvgIpc) is 2.07. The Kier molecular flexibility index (Phi) is 3.17. The number of aromatic hydroxyl groups is 1. The van der Waals surface area contributed by atoms with Crippen molar-refractivity contribution in [1.82, 2.24) is 0 Å². The van der Waals surface area contributed by atoms with Gasteiger partial charge in [0.05, 0.1) is 0 Å². The highest BCUT2D eigenvalue weighted by molar-refractivity contribution is 5.44. The zero-order chi connectivity index (χ0) is 10.8. The summed E-state index contributed by atoms with van der Waals surface area (Å²) in [4.78, 5) is 0. The summed E-state index contributed by atoms with van der Waals surface area (Å²) < 4.78 is 0. The predicted octanol–water partition coefficient (Wildman–Crippen LogP) is 2.22. The predicted molar refractivity (Wildman–Crippen MR) is 57.6 cm³/mol. The maximum absolute atomic E-state index is 9.94. The highest BCUT2D eigenvalue weighted by Gasteiger charge is 2.19. The van der Waals surface area contributed by atoms with Crippen molar-refractivity contribution in [3.63, 3.8) is 0 Å². The quantitative estimate of drug-likeness (QED) is 0.758. The largest absolute Gasteiger partial charge is 0.507 e. The van der Waals surface area contributed by atoms with Gasteiger partial charge in [0, 0.05) is 6.61 Å². The SMILES string of the molecule is CC(C)(C)c1cccc(CCO)c1O. The van der Waals surface area contributed by atoms with E-state index in [4.69, 9.17) is 5.11 Å². The molecule has 0 aliphatic carbocycles. The summed E-state index contributed by atoms with van der Waals surface area (Å²) in [6, 6.07) is 5.70. The van der Waals surface area contributed by atoms with Crippen molar-refractivity contribution in [2.24, 2.45) is 0 Å². The summed E-state index contributed by atoms with van der Waals surface area (Å²) in [6.45, 7) is 6.25. The van der Waals surface area contributed by atoms with Crippen LogP contribution in [0.3, 0.4) is 0 Å². The molecular weight excluding hydrogens is 176 g/mol. The number of hydrogen-bond donors (Lipinski definition) is 2. The van der Waals surface area contributed by atoms with Gasteiger partial charge in [-0.2, -0.15) is 0 Å². The van der Waals surface area contributed by atoms with Crippen LogP contribution in [0.25, 0.3) is 0 Å². The van der Waals surface area contributed by atoms with E-state index in [1.54, 1.807) is 0 Å². The van der Waals surface area contributed by atoms with Crippen LogP contribution in [0.4, 0.5) is 0 Å². The number of hydrogen-bond acceptors (Lipinski definition) is 2. The summed E-state index contributed by atoms with van der Waals surface area (Å²) in [7, 11) is 0. The lowest BCUT2D eigenvalue weighted by Crippen LogP contribution is -2.12. The molecule has 0 aromatic heterocycles.